The van der Waals surface area contributed by atoms with E-state index in [1.807, 2.05) is 36.7 Å². The third-order valence-corrected chi connectivity index (χ3v) is 3.47. The van der Waals surface area contributed by atoms with Crippen molar-refractivity contribution in [3.05, 3.63) is 59.9 Å². The number of aryl methyl sites for hydroxylation is 2. The molecule has 0 fully saturated rings. The number of rotatable bonds is 7. The molecule has 2 aromatic rings. The van der Waals surface area contributed by atoms with E-state index in [1.54, 1.807) is 0 Å². The van der Waals surface area contributed by atoms with Crippen molar-refractivity contribution in [2.75, 3.05) is 13.1 Å². The van der Waals surface area contributed by atoms with E-state index in [0.717, 1.165) is 36.3 Å². The van der Waals surface area contributed by atoms with Gasteiger partial charge in [-0.15, -0.1) is 24.0 Å². The summed E-state index contributed by atoms with van der Waals surface area (Å²) in [5.41, 5.74) is 10.2. The quantitative estimate of drug-likeness (QED) is 0.229. The van der Waals surface area contributed by atoms with Crippen LogP contribution in [0, 0.1) is 6.92 Å². The van der Waals surface area contributed by atoms with Crippen LogP contribution in [0.3, 0.4) is 0 Å². The molecule has 0 radical (unpaired) electrons. The summed E-state index contributed by atoms with van der Waals surface area (Å²) in [5, 5.41) is 7.71. The lowest BCUT2D eigenvalue weighted by atomic mass is 10.1. The van der Waals surface area contributed by atoms with Crippen molar-refractivity contribution < 1.29 is 0 Å². The fourth-order valence-corrected chi connectivity index (χ4v) is 2.23. The fraction of sp³-hybridized carbons (Fsp3) is 0.333. The Labute approximate surface area is 161 Å². The van der Waals surface area contributed by atoms with Crippen LogP contribution in [0.25, 0.3) is 5.69 Å². The molecule has 130 valence electrons. The molecule has 1 aromatic carbocycles. The van der Waals surface area contributed by atoms with Gasteiger partial charge in [0, 0.05) is 12.7 Å². The zero-order valence-corrected chi connectivity index (χ0v) is 16.7. The average molecular weight is 439 g/mol. The van der Waals surface area contributed by atoms with Crippen molar-refractivity contribution in [2.24, 2.45) is 10.7 Å². The summed E-state index contributed by atoms with van der Waals surface area (Å²) in [4.78, 5) is 4.20. The molecule has 2 rings (SSSR count). The number of hydrogen-bond acceptors (Lipinski definition) is 2. The highest BCUT2D eigenvalue weighted by molar-refractivity contribution is 14.0. The van der Waals surface area contributed by atoms with Crippen LogP contribution in [0.2, 0.25) is 0 Å². The van der Waals surface area contributed by atoms with Crippen LogP contribution in [0.4, 0.5) is 0 Å². The molecule has 0 amide bonds. The van der Waals surface area contributed by atoms with Crippen LogP contribution in [-0.4, -0.2) is 28.8 Å². The highest BCUT2D eigenvalue weighted by Crippen LogP contribution is 2.13. The van der Waals surface area contributed by atoms with E-state index in [4.69, 9.17) is 5.73 Å². The van der Waals surface area contributed by atoms with Crippen LogP contribution in [0.1, 0.15) is 24.6 Å². The molecule has 0 spiro atoms. The van der Waals surface area contributed by atoms with Gasteiger partial charge in [0.25, 0.3) is 0 Å². The molecule has 0 atom stereocenters. The number of hydrogen-bond donors (Lipinski definition) is 2. The van der Waals surface area contributed by atoms with Gasteiger partial charge in [-0.2, -0.15) is 5.10 Å². The number of nitrogens with one attached hydrogen (secondary N) is 1. The molecule has 0 aliphatic heterocycles. The van der Waals surface area contributed by atoms with Gasteiger partial charge in [0.2, 0.25) is 0 Å². The van der Waals surface area contributed by atoms with Crippen molar-refractivity contribution in [1.82, 2.24) is 15.1 Å². The fourth-order valence-electron chi connectivity index (χ4n) is 2.23. The summed E-state index contributed by atoms with van der Waals surface area (Å²) in [6.45, 7) is 9.15. The third-order valence-electron chi connectivity index (χ3n) is 3.47. The van der Waals surface area contributed by atoms with E-state index in [0.29, 0.717) is 12.5 Å². The molecule has 0 aliphatic carbocycles. The summed E-state index contributed by atoms with van der Waals surface area (Å²) < 4.78 is 1.93. The maximum absolute atomic E-state index is 5.79. The normalized spacial score (nSPS) is 11.0. The Balaban J connectivity index is 0.00000288. The summed E-state index contributed by atoms with van der Waals surface area (Å²) >= 11 is 0. The Morgan fingerprint density at radius 2 is 2.04 bits per heavy atom. The Kier molecular flexibility index (Phi) is 8.53. The smallest absolute Gasteiger partial charge is 0.188 e. The number of para-hydroxylation sites is 1. The number of aliphatic imine (C=N–C) groups is 1. The molecule has 6 heteroatoms. The molecular formula is C18H26IN5. The SMILES string of the molecule is C=C(C)CN=C(N)NCCCc1cn(-c2ccccc2)nc1C.I. The number of aromatic nitrogens is 2. The van der Waals surface area contributed by atoms with E-state index >= 15 is 0 Å². The van der Waals surface area contributed by atoms with Gasteiger partial charge >= 0.3 is 0 Å². The topological polar surface area (TPSA) is 68.2 Å². The second-order valence-electron chi connectivity index (χ2n) is 5.71. The van der Waals surface area contributed by atoms with Crippen LogP contribution in [0.15, 0.2) is 53.7 Å². The zero-order chi connectivity index (χ0) is 16.7. The minimum atomic E-state index is 0. The molecule has 0 bridgehead atoms. The van der Waals surface area contributed by atoms with E-state index in [9.17, 15) is 0 Å². The molecule has 0 aliphatic rings. The van der Waals surface area contributed by atoms with Crippen LogP contribution in [0.5, 0.6) is 0 Å². The minimum Gasteiger partial charge on any atom is -0.370 e. The highest BCUT2D eigenvalue weighted by atomic mass is 127. The maximum Gasteiger partial charge on any atom is 0.188 e. The molecule has 0 saturated heterocycles. The standard InChI is InChI=1S/C18H25N5.HI/c1-14(2)12-21-18(19)20-11-7-8-16-13-23(22-15(16)3)17-9-5-4-6-10-17;/h4-6,9-10,13H,1,7-8,11-12H2,2-3H3,(H3,19,20,21);1H. The molecule has 5 nitrogen and oxygen atoms in total. The van der Waals surface area contributed by atoms with Gasteiger partial charge in [-0.1, -0.05) is 30.4 Å². The Bertz CT molecular complexity index is 676. The Hall–Kier alpha value is -1.83. The summed E-state index contributed by atoms with van der Waals surface area (Å²) in [6, 6.07) is 10.1. The van der Waals surface area contributed by atoms with Gasteiger partial charge in [-0.3, -0.25) is 0 Å². The van der Waals surface area contributed by atoms with Gasteiger partial charge in [0.15, 0.2) is 5.96 Å². The highest BCUT2D eigenvalue weighted by Gasteiger charge is 2.06. The molecule has 0 saturated carbocycles. The largest absolute Gasteiger partial charge is 0.370 e. The van der Waals surface area contributed by atoms with E-state index in [2.05, 4.69) is 40.3 Å². The van der Waals surface area contributed by atoms with E-state index < -0.39 is 0 Å². The van der Waals surface area contributed by atoms with E-state index in [-0.39, 0.29) is 24.0 Å². The lowest BCUT2D eigenvalue weighted by molar-refractivity contribution is 0.764. The number of nitrogens with two attached hydrogens (primary N) is 1. The molecule has 1 heterocycles. The lowest BCUT2D eigenvalue weighted by Gasteiger charge is -2.05. The second-order valence-corrected chi connectivity index (χ2v) is 5.71. The van der Waals surface area contributed by atoms with Crippen molar-refractivity contribution >= 4 is 29.9 Å². The molecule has 1 aromatic heterocycles. The number of benzene rings is 1. The molecule has 0 unspecified atom stereocenters. The lowest BCUT2D eigenvalue weighted by Crippen LogP contribution is -2.32. The first-order chi connectivity index (χ1) is 11.1. The minimum absolute atomic E-state index is 0. The zero-order valence-electron chi connectivity index (χ0n) is 14.3. The van der Waals surface area contributed by atoms with E-state index in [1.165, 1.54) is 5.56 Å². The summed E-state index contributed by atoms with van der Waals surface area (Å²) in [5.74, 6) is 0.477. The van der Waals surface area contributed by atoms with Gasteiger partial charge in [-0.25, -0.2) is 9.67 Å². The Morgan fingerprint density at radius 1 is 1.33 bits per heavy atom. The predicted molar refractivity (Wildman–Crippen MR) is 111 cm³/mol. The Morgan fingerprint density at radius 3 is 2.71 bits per heavy atom. The van der Waals surface area contributed by atoms with Gasteiger partial charge < -0.3 is 11.1 Å². The number of nitrogens with zero attached hydrogens (tertiary/aromatic N) is 3. The first-order valence-corrected chi connectivity index (χ1v) is 7.85. The van der Waals surface area contributed by atoms with Gasteiger partial charge in [0.1, 0.15) is 0 Å². The molecule has 3 N–H and O–H groups in total. The number of halogens is 1. The van der Waals surface area contributed by atoms with Gasteiger partial charge in [0.05, 0.1) is 17.9 Å². The predicted octanol–water partition coefficient (Wildman–Crippen LogP) is 3.21. The summed E-state index contributed by atoms with van der Waals surface area (Å²) in [6.07, 6.45) is 4.03. The number of guanidine groups is 1. The van der Waals surface area contributed by atoms with Crippen molar-refractivity contribution in [1.29, 1.82) is 0 Å². The maximum atomic E-state index is 5.79. The van der Waals surface area contributed by atoms with Crippen molar-refractivity contribution in [3.8, 4) is 5.69 Å². The average Bonchev–Trinajstić information content (AvgIpc) is 2.91. The van der Waals surface area contributed by atoms with Crippen molar-refractivity contribution in [3.63, 3.8) is 0 Å². The molecular weight excluding hydrogens is 413 g/mol. The monoisotopic (exact) mass is 439 g/mol. The van der Waals surface area contributed by atoms with Crippen molar-refractivity contribution in [2.45, 2.75) is 26.7 Å². The summed E-state index contributed by atoms with van der Waals surface area (Å²) in [7, 11) is 0. The third kappa shape index (κ3) is 6.35. The molecule has 24 heavy (non-hydrogen) atoms. The van der Waals surface area contributed by atoms with Gasteiger partial charge in [-0.05, 0) is 44.4 Å². The second kappa shape index (κ2) is 10.1. The first-order valence-electron chi connectivity index (χ1n) is 7.85. The van der Waals surface area contributed by atoms with Crippen LogP contribution < -0.4 is 11.1 Å². The van der Waals surface area contributed by atoms with Crippen LogP contribution in [-0.2, 0) is 6.42 Å². The first kappa shape index (κ1) is 20.2. The van der Waals surface area contributed by atoms with Crippen LogP contribution >= 0.6 is 24.0 Å².